The zero-order chi connectivity index (χ0) is 30.2. The molecule has 0 fully saturated rings. The van der Waals surface area contributed by atoms with Gasteiger partial charge in [0.15, 0.2) is 4.80 Å². The van der Waals surface area contributed by atoms with Gasteiger partial charge in [0.1, 0.15) is 11.8 Å². The number of carbonyl (C=O) groups is 1. The number of rotatable bonds is 7. The van der Waals surface area contributed by atoms with E-state index >= 15 is 0 Å². The van der Waals surface area contributed by atoms with Crippen LogP contribution in [0.1, 0.15) is 43.9 Å². The molecule has 1 atom stereocenters. The normalized spacial score (nSPS) is 15.9. The maximum atomic E-state index is 14.2. The zero-order valence-electron chi connectivity index (χ0n) is 24.2. The summed E-state index contributed by atoms with van der Waals surface area (Å²) in [5, 5.41) is 0. The van der Waals surface area contributed by atoms with Crippen molar-refractivity contribution in [3.05, 3.63) is 107 Å². The van der Waals surface area contributed by atoms with Crippen LogP contribution in [0, 0.1) is 0 Å². The van der Waals surface area contributed by atoms with Crippen LogP contribution in [0.4, 0.5) is 11.4 Å². The van der Waals surface area contributed by atoms with Crippen molar-refractivity contribution in [3.63, 3.8) is 0 Å². The molecule has 43 heavy (non-hydrogen) atoms. The van der Waals surface area contributed by atoms with Crippen molar-refractivity contribution in [1.29, 1.82) is 0 Å². The van der Waals surface area contributed by atoms with Crippen molar-refractivity contribution in [2.75, 3.05) is 25.7 Å². The molecular formula is C33H30BrN3O4S2. The molecule has 0 saturated heterocycles. The number of nitrogens with zero attached hydrogens (tertiary/aromatic N) is 3. The maximum absolute atomic E-state index is 14.2. The van der Waals surface area contributed by atoms with Gasteiger partial charge < -0.3 is 14.4 Å². The van der Waals surface area contributed by atoms with Crippen molar-refractivity contribution in [3.8, 4) is 5.75 Å². The Labute approximate surface area is 266 Å². The fourth-order valence-corrected chi connectivity index (χ4v) is 8.13. The van der Waals surface area contributed by atoms with Crippen LogP contribution >= 0.6 is 39.0 Å². The number of carbonyl (C=O) groups excluding carboxylic acids is 1. The molecule has 0 unspecified atom stereocenters. The molecule has 0 bridgehead atoms. The highest BCUT2D eigenvalue weighted by Crippen LogP contribution is 2.47. The predicted molar refractivity (Wildman–Crippen MR) is 175 cm³/mol. The van der Waals surface area contributed by atoms with Crippen molar-refractivity contribution >= 4 is 62.4 Å². The molecule has 1 aromatic heterocycles. The van der Waals surface area contributed by atoms with Crippen LogP contribution in [-0.2, 0) is 9.53 Å². The second-order valence-electron chi connectivity index (χ2n) is 10.2. The lowest BCUT2D eigenvalue weighted by Crippen LogP contribution is -2.40. The summed E-state index contributed by atoms with van der Waals surface area (Å²) in [5.41, 5.74) is 4.67. The highest BCUT2D eigenvalue weighted by atomic mass is 79.9. The van der Waals surface area contributed by atoms with Crippen molar-refractivity contribution in [2.45, 2.75) is 42.5 Å². The SMILES string of the molecule is CCCC1=C(C(=O)OCC)[C@H](c2cc(Br)ccc2OC)n2c(s/c(=C\c3ccc4c(c3)Sc3ccccc3N4C)c2=O)=N1. The maximum Gasteiger partial charge on any atom is 0.338 e. The lowest BCUT2D eigenvalue weighted by atomic mass is 9.93. The minimum Gasteiger partial charge on any atom is -0.496 e. The number of methoxy groups -OCH3 is 1. The van der Waals surface area contributed by atoms with Gasteiger partial charge in [-0.3, -0.25) is 9.36 Å². The third kappa shape index (κ3) is 5.36. The van der Waals surface area contributed by atoms with Gasteiger partial charge in [-0.25, -0.2) is 9.79 Å². The van der Waals surface area contributed by atoms with Crippen LogP contribution in [0.25, 0.3) is 6.08 Å². The molecule has 3 heterocycles. The van der Waals surface area contributed by atoms with Gasteiger partial charge in [0.2, 0.25) is 0 Å². The highest BCUT2D eigenvalue weighted by Gasteiger charge is 2.36. The topological polar surface area (TPSA) is 73.1 Å². The summed E-state index contributed by atoms with van der Waals surface area (Å²) in [5.74, 6) is 0.0885. The molecule has 3 aromatic carbocycles. The molecule has 220 valence electrons. The molecule has 10 heteroatoms. The summed E-state index contributed by atoms with van der Waals surface area (Å²) in [6, 6.07) is 19.4. The molecule has 2 aliphatic rings. The van der Waals surface area contributed by atoms with Gasteiger partial charge >= 0.3 is 5.97 Å². The molecule has 2 aliphatic heterocycles. The zero-order valence-corrected chi connectivity index (χ0v) is 27.4. The number of ether oxygens (including phenoxy) is 2. The largest absolute Gasteiger partial charge is 0.496 e. The summed E-state index contributed by atoms with van der Waals surface area (Å²) in [4.78, 5) is 37.6. The number of thiazole rings is 1. The second kappa shape index (κ2) is 12.2. The number of allylic oxidation sites excluding steroid dienone is 1. The monoisotopic (exact) mass is 675 g/mol. The Bertz CT molecular complexity index is 1960. The van der Waals surface area contributed by atoms with E-state index in [0.717, 1.165) is 27.0 Å². The fraction of sp³-hybridized carbons (Fsp3) is 0.242. The molecular weight excluding hydrogens is 646 g/mol. The molecule has 4 aromatic rings. The van der Waals surface area contributed by atoms with Crippen molar-refractivity contribution in [1.82, 2.24) is 4.57 Å². The number of halogens is 1. The first kappa shape index (κ1) is 29.5. The van der Waals surface area contributed by atoms with Crippen molar-refractivity contribution < 1.29 is 14.3 Å². The molecule has 0 saturated carbocycles. The van der Waals surface area contributed by atoms with E-state index in [1.807, 2.05) is 49.4 Å². The van der Waals surface area contributed by atoms with Crippen LogP contribution in [0.5, 0.6) is 5.75 Å². The fourth-order valence-electron chi connectivity index (χ4n) is 5.53. The Morgan fingerprint density at radius 3 is 2.63 bits per heavy atom. The standard InChI is InChI=1S/C33H30BrN3O4S2/c1-5-9-22-29(32(39)41-6-2)30(21-18-20(34)13-15-25(21)40-4)37-31(38)28(43-33(37)35-22)17-19-12-14-24-27(16-19)42-26-11-8-7-10-23(26)36(24)3/h7-8,10-18,30H,5-6,9H2,1-4H3/b28-17-/t30-/m0/s1. The summed E-state index contributed by atoms with van der Waals surface area (Å²) >= 11 is 6.62. The first-order valence-electron chi connectivity index (χ1n) is 14.0. The summed E-state index contributed by atoms with van der Waals surface area (Å²) in [7, 11) is 3.65. The van der Waals surface area contributed by atoms with Crippen LogP contribution in [0.3, 0.4) is 0 Å². The van der Waals surface area contributed by atoms with E-state index in [9.17, 15) is 9.59 Å². The number of hydrogen-bond donors (Lipinski definition) is 0. The van der Waals surface area contributed by atoms with Crippen molar-refractivity contribution in [2.24, 2.45) is 4.99 Å². The molecule has 0 amide bonds. The number of fused-ring (bicyclic) bond motifs is 3. The second-order valence-corrected chi connectivity index (χ2v) is 13.2. The molecule has 0 spiro atoms. The van der Waals surface area contributed by atoms with Gasteiger partial charge in [0.25, 0.3) is 5.56 Å². The lowest BCUT2D eigenvalue weighted by Gasteiger charge is -2.29. The Morgan fingerprint density at radius 2 is 1.86 bits per heavy atom. The van der Waals surface area contributed by atoms with E-state index in [0.29, 0.717) is 38.3 Å². The first-order chi connectivity index (χ1) is 20.8. The molecule has 0 radical (unpaired) electrons. The molecule has 7 nitrogen and oxygen atoms in total. The van der Waals surface area contributed by atoms with E-state index in [1.165, 1.54) is 21.9 Å². The molecule has 0 aliphatic carbocycles. The molecule has 0 N–H and O–H groups in total. The van der Waals surface area contributed by atoms with E-state index < -0.39 is 12.0 Å². The minimum atomic E-state index is -0.754. The number of hydrogen-bond acceptors (Lipinski definition) is 8. The number of benzene rings is 3. The van der Waals surface area contributed by atoms with E-state index in [4.69, 9.17) is 14.5 Å². The predicted octanol–water partition coefficient (Wildman–Crippen LogP) is 6.58. The van der Waals surface area contributed by atoms with E-state index in [2.05, 4.69) is 52.1 Å². The highest BCUT2D eigenvalue weighted by molar-refractivity contribution is 9.10. The van der Waals surface area contributed by atoms with E-state index in [1.54, 1.807) is 30.4 Å². The summed E-state index contributed by atoms with van der Waals surface area (Å²) in [6.45, 7) is 4.03. The summed E-state index contributed by atoms with van der Waals surface area (Å²) < 4.78 is 14.2. The number of anilines is 2. The quantitative estimate of drug-likeness (QED) is 0.206. The van der Waals surface area contributed by atoms with Gasteiger partial charge in [0.05, 0.1) is 40.9 Å². The Kier molecular flexibility index (Phi) is 8.35. The molecule has 6 rings (SSSR count). The third-order valence-corrected chi connectivity index (χ3v) is 10.1. The Morgan fingerprint density at radius 1 is 1.07 bits per heavy atom. The average Bonchev–Trinajstić information content (AvgIpc) is 3.30. The van der Waals surface area contributed by atoms with Crippen LogP contribution in [0.2, 0.25) is 0 Å². The van der Waals surface area contributed by atoms with Gasteiger partial charge in [-0.2, -0.15) is 0 Å². The number of aromatic nitrogens is 1. The van der Waals surface area contributed by atoms with Gasteiger partial charge in [-0.15, -0.1) is 0 Å². The number of para-hydroxylation sites is 1. The van der Waals surface area contributed by atoms with Crippen LogP contribution < -0.4 is 24.5 Å². The van der Waals surface area contributed by atoms with Gasteiger partial charge in [0, 0.05) is 26.9 Å². The third-order valence-electron chi connectivity index (χ3n) is 7.47. The Balaban J connectivity index is 1.53. The van der Waals surface area contributed by atoms with Gasteiger partial charge in [-0.05, 0) is 67.4 Å². The lowest BCUT2D eigenvalue weighted by molar-refractivity contribution is -0.139. The average molecular weight is 677 g/mol. The number of esters is 1. The van der Waals surface area contributed by atoms with Crippen LogP contribution in [-0.4, -0.2) is 31.3 Å². The first-order valence-corrected chi connectivity index (χ1v) is 16.5. The Hall–Kier alpha value is -3.60. The van der Waals surface area contributed by atoms with E-state index in [-0.39, 0.29) is 12.2 Å². The van der Waals surface area contributed by atoms with Crippen LogP contribution in [0.15, 0.2) is 96.0 Å². The smallest absolute Gasteiger partial charge is 0.338 e. The minimum absolute atomic E-state index is 0.213. The summed E-state index contributed by atoms with van der Waals surface area (Å²) in [6.07, 6.45) is 3.26. The van der Waals surface area contributed by atoms with Gasteiger partial charge in [-0.1, -0.05) is 70.6 Å².